The average Bonchev–Trinajstić information content (AvgIpc) is 2.85. The number of anilines is 1. The van der Waals surface area contributed by atoms with Crippen LogP contribution in [0, 0.1) is 11.8 Å². The zero-order chi connectivity index (χ0) is 16.1. The van der Waals surface area contributed by atoms with E-state index in [4.69, 9.17) is 5.11 Å². The lowest BCUT2D eigenvalue weighted by Gasteiger charge is -2.17. The summed E-state index contributed by atoms with van der Waals surface area (Å²) in [5, 5.41) is 8.84. The number of carboxylic acid groups (broad SMARTS) is 1. The molecule has 1 aliphatic heterocycles. The van der Waals surface area contributed by atoms with E-state index in [0.717, 1.165) is 12.1 Å². The predicted octanol–water partition coefficient (Wildman–Crippen LogP) is 2.50. The number of ketones is 1. The maximum absolute atomic E-state index is 12.4. The van der Waals surface area contributed by atoms with Crippen molar-refractivity contribution in [1.29, 1.82) is 0 Å². The summed E-state index contributed by atoms with van der Waals surface area (Å²) < 4.78 is 0. The number of carbonyl (C=O) groups excluding carboxylic acids is 2. The third-order valence-electron chi connectivity index (χ3n) is 4.24. The van der Waals surface area contributed by atoms with Crippen LogP contribution in [0.25, 0.3) is 0 Å². The maximum atomic E-state index is 12.4. The van der Waals surface area contributed by atoms with E-state index in [0.29, 0.717) is 19.4 Å². The minimum absolute atomic E-state index is 0.0730. The number of aliphatic carboxylic acids is 1. The number of Topliss-reactive ketones (excluding diaryl/α,β-unsaturated/α-hetero) is 1. The van der Waals surface area contributed by atoms with Gasteiger partial charge in [-0.3, -0.25) is 14.4 Å². The first-order valence-electron chi connectivity index (χ1n) is 7.57. The van der Waals surface area contributed by atoms with Gasteiger partial charge in [0.2, 0.25) is 5.91 Å². The van der Waals surface area contributed by atoms with Crippen molar-refractivity contribution in [3.63, 3.8) is 0 Å². The van der Waals surface area contributed by atoms with E-state index in [9.17, 15) is 14.4 Å². The second-order valence-electron chi connectivity index (χ2n) is 5.79. The van der Waals surface area contributed by atoms with Crippen molar-refractivity contribution >= 4 is 23.3 Å². The summed E-state index contributed by atoms with van der Waals surface area (Å²) in [6, 6.07) is 9.51. The van der Waals surface area contributed by atoms with E-state index in [1.807, 2.05) is 30.3 Å². The Morgan fingerprint density at radius 3 is 2.59 bits per heavy atom. The van der Waals surface area contributed by atoms with E-state index in [2.05, 4.69) is 0 Å². The molecule has 1 aromatic rings. The third kappa shape index (κ3) is 3.93. The Hall–Kier alpha value is -2.17. The van der Waals surface area contributed by atoms with E-state index in [-0.39, 0.29) is 24.0 Å². The van der Waals surface area contributed by atoms with Gasteiger partial charge in [0.15, 0.2) is 0 Å². The second-order valence-corrected chi connectivity index (χ2v) is 5.79. The van der Waals surface area contributed by atoms with Crippen molar-refractivity contribution in [2.45, 2.75) is 32.6 Å². The fourth-order valence-corrected chi connectivity index (χ4v) is 2.93. The summed E-state index contributed by atoms with van der Waals surface area (Å²) in [5.74, 6) is -1.62. The Kier molecular flexibility index (Phi) is 5.31. The third-order valence-corrected chi connectivity index (χ3v) is 4.24. The molecule has 0 aliphatic carbocycles. The molecule has 0 radical (unpaired) electrons. The van der Waals surface area contributed by atoms with Gasteiger partial charge in [0.1, 0.15) is 5.78 Å². The van der Waals surface area contributed by atoms with Gasteiger partial charge in [-0.2, -0.15) is 0 Å². The van der Waals surface area contributed by atoms with Crippen LogP contribution in [0.4, 0.5) is 5.69 Å². The summed E-state index contributed by atoms with van der Waals surface area (Å²) in [7, 11) is 0. The lowest BCUT2D eigenvalue weighted by Crippen LogP contribution is -2.27. The van der Waals surface area contributed by atoms with Crippen LogP contribution >= 0.6 is 0 Å². The van der Waals surface area contributed by atoms with Crippen molar-refractivity contribution in [2.24, 2.45) is 11.8 Å². The molecule has 2 atom stereocenters. The van der Waals surface area contributed by atoms with Gasteiger partial charge in [-0.1, -0.05) is 18.2 Å². The summed E-state index contributed by atoms with van der Waals surface area (Å²) in [6.45, 7) is 2.09. The normalized spacial score (nSPS) is 19.2. The fourth-order valence-electron chi connectivity index (χ4n) is 2.93. The van der Waals surface area contributed by atoms with Gasteiger partial charge in [-0.15, -0.1) is 0 Å². The predicted molar refractivity (Wildman–Crippen MR) is 82.6 cm³/mol. The smallest absolute Gasteiger partial charge is 0.304 e. The number of carboxylic acids is 1. The molecular weight excluding hydrogens is 282 g/mol. The van der Waals surface area contributed by atoms with Crippen LogP contribution in [-0.2, 0) is 14.4 Å². The van der Waals surface area contributed by atoms with Crippen molar-refractivity contribution in [1.82, 2.24) is 0 Å². The Balaban J connectivity index is 1.93. The van der Waals surface area contributed by atoms with Crippen molar-refractivity contribution in [3.8, 4) is 0 Å². The van der Waals surface area contributed by atoms with Crippen molar-refractivity contribution in [3.05, 3.63) is 30.3 Å². The van der Waals surface area contributed by atoms with Gasteiger partial charge >= 0.3 is 5.97 Å². The van der Waals surface area contributed by atoms with E-state index < -0.39 is 11.9 Å². The number of amides is 1. The molecule has 1 heterocycles. The SMILES string of the molecule is CC(=O)C(CCC1CCN(c2ccccc2)C1=O)CC(=O)O. The van der Waals surface area contributed by atoms with Crippen LogP contribution in [0.2, 0.25) is 0 Å². The number of nitrogens with zero attached hydrogens (tertiary/aromatic N) is 1. The highest BCUT2D eigenvalue weighted by atomic mass is 16.4. The summed E-state index contributed by atoms with van der Waals surface area (Å²) >= 11 is 0. The monoisotopic (exact) mass is 303 g/mol. The molecule has 1 aliphatic rings. The summed E-state index contributed by atoms with van der Waals surface area (Å²) in [4.78, 5) is 36.5. The minimum Gasteiger partial charge on any atom is -0.481 e. The molecular formula is C17H21NO4. The molecule has 0 spiro atoms. The number of hydrogen-bond acceptors (Lipinski definition) is 3. The number of para-hydroxylation sites is 1. The number of benzene rings is 1. The topological polar surface area (TPSA) is 74.7 Å². The van der Waals surface area contributed by atoms with E-state index in [1.165, 1.54) is 6.92 Å². The molecule has 0 saturated carbocycles. The van der Waals surface area contributed by atoms with Crippen molar-refractivity contribution < 1.29 is 19.5 Å². The van der Waals surface area contributed by atoms with Crippen LogP contribution in [-0.4, -0.2) is 29.3 Å². The molecule has 118 valence electrons. The zero-order valence-corrected chi connectivity index (χ0v) is 12.7. The molecule has 1 saturated heterocycles. The number of hydrogen-bond donors (Lipinski definition) is 1. The first kappa shape index (κ1) is 16.2. The molecule has 1 aromatic carbocycles. The minimum atomic E-state index is -0.969. The average molecular weight is 303 g/mol. The Morgan fingerprint density at radius 1 is 1.32 bits per heavy atom. The summed E-state index contributed by atoms with van der Waals surface area (Å²) in [6.07, 6.45) is 1.63. The van der Waals surface area contributed by atoms with E-state index in [1.54, 1.807) is 4.90 Å². The van der Waals surface area contributed by atoms with Gasteiger partial charge in [0.25, 0.3) is 0 Å². The molecule has 1 fully saturated rings. The first-order valence-corrected chi connectivity index (χ1v) is 7.57. The lowest BCUT2D eigenvalue weighted by molar-refractivity contribution is -0.140. The van der Waals surface area contributed by atoms with E-state index >= 15 is 0 Å². The highest BCUT2D eigenvalue weighted by Crippen LogP contribution is 2.29. The Labute approximate surface area is 129 Å². The highest BCUT2D eigenvalue weighted by molar-refractivity contribution is 5.97. The van der Waals surface area contributed by atoms with Crippen LogP contribution in [0.3, 0.4) is 0 Å². The maximum Gasteiger partial charge on any atom is 0.304 e. The summed E-state index contributed by atoms with van der Waals surface area (Å²) in [5.41, 5.74) is 0.892. The van der Waals surface area contributed by atoms with Crippen LogP contribution in [0.1, 0.15) is 32.6 Å². The van der Waals surface area contributed by atoms with Crippen LogP contribution in [0.5, 0.6) is 0 Å². The fraction of sp³-hybridized carbons (Fsp3) is 0.471. The van der Waals surface area contributed by atoms with Crippen molar-refractivity contribution in [2.75, 3.05) is 11.4 Å². The van der Waals surface area contributed by atoms with Crippen LogP contribution in [0.15, 0.2) is 30.3 Å². The van der Waals surface area contributed by atoms with Gasteiger partial charge in [0, 0.05) is 24.1 Å². The Morgan fingerprint density at radius 2 is 2.00 bits per heavy atom. The van der Waals surface area contributed by atoms with Gasteiger partial charge in [0.05, 0.1) is 6.42 Å². The second kappa shape index (κ2) is 7.20. The number of carbonyl (C=O) groups is 3. The molecule has 5 nitrogen and oxygen atoms in total. The van der Waals surface area contributed by atoms with Crippen LogP contribution < -0.4 is 4.90 Å². The first-order chi connectivity index (χ1) is 10.5. The largest absolute Gasteiger partial charge is 0.481 e. The molecule has 2 rings (SSSR count). The lowest BCUT2D eigenvalue weighted by atomic mass is 9.90. The molecule has 22 heavy (non-hydrogen) atoms. The molecule has 2 unspecified atom stereocenters. The van der Waals surface area contributed by atoms with Gasteiger partial charge in [-0.25, -0.2) is 0 Å². The Bertz CT molecular complexity index is 555. The quantitative estimate of drug-likeness (QED) is 0.840. The molecule has 1 amide bonds. The standard InChI is InChI=1S/C17H21NO4/c1-12(19)14(11-16(20)21)8-7-13-9-10-18(17(13)22)15-5-3-2-4-6-15/h2-6,13-14H,7-11H2,1H3,(H,20,21). The molecule has 5 heteroatoms. The van der Waals surface area contributed by atoms with Gasteiger partial charge < -0.3 is 10.0 Å². The molecule has 0 aromatic heterocycles. The molecule has 1 N–H and O–H groups in total. The zero-order valence-electron chi connectivity index (χ0n) is 12.7. The highest BCUT2D eigenvalue weighted by Gasteiger charge is 2.33. The molecule has 0 bridgehead atoms. The van der Waals surface area contributed by atoms with Gasteiger partial charge in [-0.05, 0) is 38.3 Å². The number of rotatable bonds is 7.